The Morgan fingerprint density at radius 3 is 2.58 bits per heavy atom. The predicted molar refractivity (Wildman–Crippen MR) is 66.9 cm³/mol. The van der Waals surface area contributed by atoms with Crippen molar-refractivity contribution in [3.05, 3.63) is 34.7 Å². The number of nitrogens with zero attached hydrogens (tertiary/aromatic N) is 2. The summed E-state index contributed by atoms with van der Waals surface area (Å²) in [5, 5.41) is 0.191. The van der Waals surface area contributed by atoms with Gasteiger partial charge in [-0.15, -0.1) is 0 Å². The number of fused-ring (bicyclic) bond motifs is 1. The third-order valence-electron chi connectivity index (χ3n) is 2.53. The number of alkyl halides is 3. The lowest BCUT2D eigenvalue weighted by Crippen LogP contribution is -2.19. The minimum atomic E-state index is -4.41. The van der Waals surface area contributed by atoms with Crippen molar-refractivity contribution in [1.29, 1.82) is 0 Å². The molecule has 0 amide bonds. The zero-order valence-electron chi connectivity index (χ0n) is 10.0. The summed E-state index contributed by atoms with van der Waals surface area (Å²) in [6, 6.07) is 3.06. The van der Waals surface area contributed by atoms with Crippen LogP contribution in [0.3, 0.4) is 0 Å². The summed E-state index contributed by atoms with van der Waals surface area (Å²) in [5.74, 6) is 0.423. The Balaban J connectivity index is 2.54. The van der Waals surface area contributed by atoms with E-state index in [4.69, 9.17) is 17.3 Å². The summed E-state index contributed by atoms with van der Waals surface area (Å²) in [6.45, 7) is 1.79. The summed E-state index contributed by atoms with van der Waals surface area (Å²) in [4.78, 5) is 8.13. The first-order valence-electron chi connectivity index (χ1n) is 5.56. The average molecular weight is 290 g/mol. The van der Waals surface area contributed by atoms with E-state index < -0.39 is 11.7 Å². The molecule has 0 aliphatic heterocycles. The number of hydrogen-bond donors (Lipinski definition) is 1. The molecule has 1 heterocycles. The molecule has 0 fully saturated rings. The highest BCUT2D eigenvalue weighted by Crippen LogP contribution is 2.32. The lowest BCUT2D eigenvalue weighted by atomic mass is 10.1. The number of nitrogens with two attached hydrogens (primary N) is 1. The quantitative estimate of drug-likeness (QED) is 0.864. The second-order valence-corrected chi connectivity index (χ2v) is 4.70. The molecule has 1 aromatic carbocycles. The molecule has 0 saturated carbocycles. The molecule has 1 aromatic heterocycles. The number of halogens is 4. The van der Waals surface area contributed by atoms with Gasteiger partial charge in [0.15, 0.2) is 0 Å². The van der Waals surface area contributed by atoms with E-state index in [1.165, 1.54) is 6.07 Å². The summed E-state index contributed by atoms with van der Waals surface area (Å²) < 4.78 is 37.8. The molecule has 0 aliphatic rings. The van der Waals surface area contributed by atoms with Crippen LogP contribution in [0.25, 0.3) is 10.9 Å². The lowest BCUT2D eigenvalue weighted by Gasteiger charge is -2.10. The lowest BCUT2D eigenvalue weighted by molar-refractivity contribution is -0.137. The Morgan fingerprint density at radius 1 is 1.32 bits per heavy atom. The molecule has 0 aliphatic carbocycles. The third kappa shape index (κ3) is 3.13. The Labute approximate surface area is 112 Å². The van der Waals surface area contributed by atoms with E-state index in [1.54, 1.807) is 6.92 Å². The zero-order chi connectivity index (χ0) is 14.2. The topological polar surface area (TPSA) is 51.8 Å². The number of rotatable bonds is 2. The van der Waals surface area contributed by atoms with E-state index in [9.17, 15) is 13.2 Å². The second kappa shape index (κ2) is 4.94. The molecule has 2 N–H and O–H groups in total. The molecule has 2 aromatic rings. The molecule has 3 nitrogen and oxygen atoms in total. The molecule has 19 heavy (non-hydrogen) atoms. The average Bonchev–Trinajstić information content (AvgIpc) is 2.26. The van der Waals surface area contributed by atoms with Crippen LogP contribution in [0.15, 0.2) is 18.2 Å². The van der Waals surface area contributed by atoms with Gasteiger partial charge in [-0.1, -0.05) is 11.6 Å². The van der Waals surface area contributed by atoms with E-state index in [2.05, 4.69) is 9.97 Å². The molecule has 1 unspecified atom stereocenters. The SMILES string of the molecule is CC(N)Cc1nc(Cl)c2cc(C(F)(F)F)ccc2n1. The van der Waals surface area contributed by atoms with Gasteiger partial charge in [0.1, 0.15) is 11.0 Å². The van der Waals surface area contributed by atoms with Gasteiger partial charge in [0, 0.05) is 17.8 Å². The monoisotopic (exact) mass is 289 g/mol. The predicted octanol–water partition coefficient (Wildman–Crippen LogP) is 3.19. The highest BCUT2D eigenvalue weighted by molar-refractivity contribution is 6.34. The van der Waals surface area contributed by atoms with Gasteiger partial charge in [-0.2, -0.15) is 13.2 Å². The summed E-state index contributed by atoms with van der Waals surface area (Å²) in [7, 11) is 0. The smallest absolute Gasteiger partial charge is 0.328 e. The zero-order valence-corrected chi connectivity index (χ0v) is 10.8. The fraction of sp³-hybridized carbons (Fsp3) is 0.333. The van der Waals surface area contributed by atoms with Crippen molar-refractivity contribution in [3.8, 4) is 0 Å². The van der Waals surface area contributed by atoms with Crippen molar-refractivity contribution in [2.75, 3.05) is 0 Å². The first kappa shape index (κ1) is 14.0. The van der Waals surface area contributed by atoms with E-state index in [0.29, 0.717) is 17.8 Å². The first-order chi connectivity index (χ1) is 8.77. The number of hydrogen-bond acceptors (Lipinski definition) is 3. The Hall–Kier alpha value is -1.40. The Morgan fingerprint density at radius 2 is 2.00 bits per heavy atom. The van der Waals surface area contributed by atoms with Crippen LogP contribution >= 0.6 is 11.6 Å². The standard InChI is InChI=1S/C12H11ClF3N3/c1-6(17)4-10-18-9-3-2-7(12(14,15)16)5-8(9)11(13)19-10/h2-3,5-6H,4,17H2,1H3. The van der Waals surface area contributed by atoms with Gasteiger partial charge >= 0.3 is 6.18 Å². The van der Waals surface area contributed by atoms with Gasteiger partial charge in [0.05, 0.1) is 11.1 Å². The van der Waals surface area contributed by atoms with Gasteiger partial charge in [-0.25, -0.2) is 9.97 Å². The molecule has 0 radical (unpaired) electrons. The van der Waals surface area contributed by atoms with Crippen LogP contribution < -0.4 is 5.73 Å². The van der Waals surface area contributed by atoms with Crippen LogP contribution in [0, 0.1) is 0 Å². The van der Waals surface area contributed by atoms with E-state index >= 15 is 0 Å². The summed E-state index contributed by atoms with van der Waals surface area (Å²) >= 11 is 5.91. The Bertz CT molecular complexity index is 611. The summed E-state index contributed by atoms with van der Waals surface area (Å²) in [6.07, 6.45) is -4.00. The van der Waals surface area contributed by atoms with Gasteiger partial charge in [-0.05, 0) is 25.1 Å². The summed E-state index contributed by atoms with van der Waals surface area (Å²) in [5.41, 5.74) is 5.23. The van der Waals surface area contributed by atoms with Crippen LogP contribution in [0.2, 0.25) is 5.15 Å². The fourth-order valence-electron chi connectivity index (χ4n) is 1.69. The minimum absolute atomic E-state index is 0.00625. The molecule has 1 atom stereocenters. The Kier molecular flexibility index (Phi) is 3.64. The number of aromatic nitrogens is 2. The highest BCUT2D eigenvalue weighted by Gasteiger charge is 2.30. The van der Waals surface area contributed by atoms with Crippen molar-refractivity contribution >= 4 is 22.5 Å². The van der Waals surface area contributed by atoms with Crippen LogP contribution in [0.5, 0.6) is 0 Å². The molecule has 0 bridgehead atoms. The molecular weight excluding hydrogens is 279 g/mol. The maximum absolute atomic E-state index is 12.6. The molecular formula is C12H11ClF3N3. The highest BCUT2D eigenvalue weighted by atomic mass is 35.5. The maximum Gasteiger partial charge on any atom is 0.416 e. The van der Waals surface area contributed by atoms with Crippen molar-refractivity contribution in [2.45, 2.75) is 25.6 Å². The molecule has 102 valence electrons. The van der Waals surface area contributed by atoms with Crippen LogP contribution in [-0.4, -0.2) is 16.0 Å². The van der Waals surface area contributed by atoms with Crippen LogP contribution in [0.4, 0.5) is 13.2 Å². The third-order valence-corrected chi connectivity index (χ3v) is 2.82. The molecule has 0 spiro atoms. The van der Waals surface area contributed by atoms with Crippen LogP contribution in [-0.2, 0) is 12.6 Å². The minimum Gasteiger partial charge on any atom is -0.328 e. The van der Waals surface area contributed by atoms with Gasteiger partial charge in [0.25, 0.3) is 0 Å². The largest absolute Gasteiger partial charge is 0.416 e. The van der Waals surface area contributed by atoms with Crippen molar-refractivity contribution < 1.29 is 13.2 Å². The van der Waals surface area contributed by atoms with Gasteiger partial charge in [0.2, 0.25) is 0 Å². The van der Waals surface area contributed by atoms with Crippen molar-refractivity contribution in [2.24, 2.45) is 5.73 Å². The van der Waals surface area contributed by atoms with Gasteiger partial charge in [-0.3, -0.25) is 0 Å². The van der Waals surface area contributed by atoms with E-state index in [1.807, 2.05) is 0 Å². The molecule has 7 heteroatoms. The maximum atomic E-state index is 12.6. The normalized spacial score (nSPS) is 13.8. The first-order valence-corrected chi connectivity index (χ1v) is 5.94. The van der Waals surface area contributed by atoms with Crippen LogP contribution in [0.1, 0.15) is 18.3 Å². The van der Waals surface area contributed by atoms with Crippen molar-refractivity contribution in [1.82, 2.24) is 9.97 Å². The van der Waals surface area contributed by atoms with E-state index in [-0.39, 0.29) is 16.6 Å². The van der Waals surface area contributed by atoms with Gasteiger partial charge < -0.3 is 5.73 Å². The van der Waals surface area contributed by atoms with E-state index in [0.717, 1.165) is 12.1 Å². The fourth-order valence-corrected chi connectivity index (χ4v) is 1.94. The number of benzene rings is 1. The molecule has 0 saturated heterocycles. The second-order valence-electron chi connectivity index (χ2n) is 4.34. The molecule has 2 rings (SSSR count). The van der Waals surface area contributed by atoms with Crippen molar-refractivity contribution in [3.63, 3.8) is 0 Å².